The maximum atomic E-state index is 7.09. The Bertz CT molecular complexity index is 3180. The number of anilines is 5. The molecule has 0 unspecified atom stereocenters. The number of fused-ring (bicyclic) bond motifs is 11. The molecule has 0 saturated carbocycles. The molecule has 4 heteroatoms. The van der Waals surface area contributed by atoms with E-state index >= 15 is 0 Å². The molecular weight excluding hydrogens is 727 g/mol. The number of hydrogen-bond donors (Lipinski definition) is 1. The minimum absolute atomic E-state index is 0.0814. The van der Waals surface area contributed by atoms with E-state index in [1.165, 1.54) is 85.3 Å². The van der Waals surface area contributed by atoms with E-state index in [0.717, 1.165) is 44.4 Å². The Morgan fingerprint density at radius 3 is 2.05 bits per heavy atom. The van der Waals surface area contributed by atoms with Crippen LogP contribution in [0.3, 0.4) is 0 Å². The first-order valence-electron chi connectivity index (χ1n) is 21.8. The molecule has 3 nitrogen and oxygen atoms in total. The van der Waals surface area contributed by atoms with E-state index < -0.39 is 0 Å². The SMILES string of the molecule is CC1(C)CCC(C)(C)c2cc(Nc3c(-c4c5c(cc6c4oc4ccccc46)N4c6ccccc6C(C)(C)c6cccc(c64)[B]5)ccc4c3-c3ccccc3C4(C)C)ccc21. The third-order valence-corrected chi connectivity index (χ3v) is 15.2. The molecule has 293 valence electrons. The van der Waals surface area contributed by atoms with Crippen molar-refractivity contribution in [2.75, 3.05) is 10.2 Å². The van der Waals surface area contributed by atoms with Gasteiger partial charge < -0.3 is 14.6 Å². The van der Waals surface area contributed by atoms with Crippen molar-refractivity contribution in [1.82, 2.24) is 0 Å². The summed E-state index contributed by atoms with van der Waals surface area (Å²) in [5.74, 6) is 0. The lowest BCUT2D eigenvalue weighted by Crippen LogP contribution is -2.45. The van der Waals surface area contributed by atoms with E-state index in [-0.39, 0.29) is 21.7 Å². The summed E-state index contributed by atoms with van der Waals surface area (Å²) in [6, 6.07) is 47.8. The smallest absolute Gasteiger partial charge is 0.198 e. The topological polar surface area (TPSA) is 28.4 Å². The van der Waals surface area contributed by atoms with Crippen molar-refractivity contribution in [3.63, 3.8) is 0 Å². The highest BCUT2D eigenvalue weighted by molar-refractivity contribution is 6.74. The van der Waals surface area contributed by atoms with Crippen molar-refractivity contribution in [1.29, 1.82) is 0 Å². The summed E-state index contributed by atoms with van der Waals surface area (Å²) >= 11 is 0. The molecule has 0 atom stereocenters. The van der Waals surface area contributed by atoms with E-state index in [1.54, 1.807) is 0 Å². The van der Waals surface area contributed by atoms with Crippen LogP contribution in [0.25, 0.3) is 44.2 Å². The highest BCUT2D eigenvalue weighted by Gasteiger charge is 2.43. The van der Waals surface area contributed by atoms with Crippen LogP contribution in [0.5, 0.6) is 0 Å². The largest absolute Gasteiger partial charge is 0.455 e. The minimum atomic E-state index is -0.167. The van der Waals surface area contributed by atoms with E-state index in [4.69, 9.17) is 4.42 Å². The second-order valence-corrected chi connectivity index (χ2v) is 20.3. The van der Waals surface area contributed by atoms with Gasteiger partial charge in [0.05, 0.1) is 11.4 Å². The van der Waals surface area contributed by atoms with Crippen molar-refractivity contribution in [2.45, 2.75) is 89.9 Å². The first kappa shape index (κ1) is 35.9. The number of nitrogens with zero attached hydrogens (tertiary/aromatic N) is 1. The van der Waals surface area contributed by atoms with Crippen molar-refractivity contribution in [2.24, 2.45) is 0 Å². The van der Waals surface area contributed by atoms with Gasteiger partial charge in [-0.05, 0) is 98.4 Å². The third kappa shape index (κ3) is 4.68. The van der Waals surface area contributed by atoms with Gasteiger partial charge in [-0.2, -0.15) is 0 Å². The summed E-state index contributed by atoms with van der Waals surface area (Å²) in [5, 5.41) is 6.45. The van der Waals surface area contributed by atoms with E-state index in [2.05, 4.69) is 200 Å². The summed E-state index contributed by atoms with van der Waals surface area (Å²) in [6.07, 6.45) is 2.36. The standard InChI is InChI=1S/C56H50BN2O/c1-53(2)28-29-54(3,4)42-30-32(24-26-38(42)53)58-50-35(25-27-40-47(50)34-17-9-11-18-37(34)55(40,5)6)48-49-45(31-36-33-16-10-14-23-46(33)60-52(36)48)59-44-22-13-12-19-39(44)56(7,8)41-20-15-21-43(57-49)51(41)59/h9-27,30-31,58H,28-29H2,1-8H3. The molecule has 1 radical (unpaired) electrons. The van der Waals surface area contributed by atoms with Crippen LogP contribution in [0.15, 0.2) is 132 Å². The van der Waals surface area contributed by atoms with E-state index in [9.17, 15) is 0 Å². The maximum absolute atomic E-state index is 7.09. The van der Waals surface area contributed by atoms with Gasteiger partial charge in [0.15, 0.2) is 7.28 Å². The second kappa shape index (κ2) is 11.8. The fourth-order valence-corrected chi connectivity index (χ4v) is 11.7. The van der Waals surface area contributed by atoms with Crippen LogP contribution < -0.4 is 21.1 Å². The fraction of sp³-hybridized carbons (Fsp3) is 0.250. The first-order valence-corrected chi connectivity index (χ1v) is 21.8. The van der Waals surface area contributed by atoms with Gasteiger partial charge in [-0.25, -0.2) is 0 Å². The zero-order valence-electron chi connectivity index (χ0n) is 36.0. The monoisotopic (exact) mass is 777 g/mol. The molecule has 0 amide bonds. The fourth-order valence-electron chi connectivity index (χ4n) is 11.7. The minimum Gasteiger partial charge on any atom is -0.455 e. The lowest BCUT2D eigenvalue weighted by atomic mass is 9.55. The van der Waals surface area contributed by atoms with Crippen molar-refractivity contribution in [3.05, 3.63) is 161 Å². The van der Waals surface area contributed by atoms with Crippen molar-refractivity contribution < 1.29 is 4.42 Å². The molecule has 8 aromatic rings. The van der Waals surface area contributed by atoms with Crippen LogP contribution >= 0.6 is 0 Å². The van der Waals surface area contributed by atoms with Gasteiger partial charge in [-0.3, -0.25) is 0 Å². The van der Waals surface area contributed by atoms with Gasteiger partial charge in [0.2, 0.25) is 0 Å². The van der Waals surface area contributed by atoms with Crippen LogP contribution in [0.2, 0.25) is 0 Å². The molecule has 2 aliphatic heterocycles. The Hall–Kier alpha value is -6.00. The first-order chi connectivity index (χ1) is 28.8. The Labute approximate surface area is 354 Å². The van der Waals surface area contributed by atoms with Crippen LogP contribution in [0.1, 0.15) is 102 Å². The molecule has 0 bridgehead atoms. The lowest BCUT2D eigenvalue weighted by Gasteiger charge is -2.46. The predicted molar refractivity (Wildman–Crippen MR) is 254 cm³/mol. The molecule has 1 N–H and O–H groups in total. The number of hydrogen-bond acceptors (Lipinski definition) is 3. The average Bonchev–Trinajstić information content (AvgIpc) is 3.72. The molecule has 60 heavy (non-hydrogen) atoms. The van der Waals surface area contributed by atoms with Gasteiger partial charge in [0.1, 0.15) is 11.2 Å². The Morgan fingerprint density at radius 2 is 1.22 bits per heavy atom. The summed E-state index contributed by atoms with van der Waals surface area (Å²) in [5.41, 5.74) is 23.1. The number of furan rings is 1. The van der Waals surface area contributed by atoms with Crippen LogP contribution in [-0.4, -0.2) is 7.28 Å². The summed E-state index contributed by atoms with van der Waals surface area (Å²) in [4.78, 5) is 2.55. The quantitative estimate of drug-likeness (QED) is 0.181. The lowest BCUT2D eigenvalue weighted by molar-refractivity contribution is 0.332. The zero-order valence-corrected chi connectivity index (χ0v) is 36.0. The van der Waals surface area contributed by atoms with E-state index in [0.29, 0.717) is 0 Å². The highest BCUT2D eigenvalue weighted by Crippen LogP contribution is 2.57. The molecule has 4 aliphatic rings. The molecule has 2 aliphatic carbocycles. The molecule has 0 fully saturated rings. The van der Waals surface area contributed by atoms with Crippen LogP contribution in [-0.2, 0) is 21.7 Å². The number of rotatable bonds is 3. The van der Waals surface area contributed by atoms with E-state index in [1.807, 2.05) is 0 Å². The number of benzene rings is 7. The normalized spacial score (nSPS) is 17.8. The van der Waals surface area contributed by atoms with Gasteiger partial charge in [0, 0.05) is 55.4 Å². The predicted octanol–water partition coefficient (Wildman–Crippen LogP) is 13.7. The van der Waals surface area contributed by atoms with Gasteiger partial charge in [-0.1, -0.05) is 158 Å². The van der Waals surface area contributed by atoms with Crippen molar-refractivity contribution >= 4 is 68.6 Å². The molecule has 0 spiro atoms. The van der Waals surface area contributed by atoms with Gasteiger partial charge in [0.25, 0.3) is 0 Å². The van der Waals surface area contributed by atoms with Crippen LogP contribution in [0.4, 0.5) is 28.4 Å². The van der Waals surface area contributed by atoms with Crippen LogP contribution in [0, 0.1) is 0 Å². The number of nitrogens with one attached hydrogen (secondary N) is 1. The zero-order chi connectivity index (χ0) is 41.1. The Kier molecular flexibility index (Phi) is 7.09. The molecule has 3 heterocycles. The Morgan fingerprint density at radius 1 is 0.533 bits per heavy atom. The molecule has 7 aromatic carbocycles. The summed E-state index contributed by atoms with van der Waals surface area (Å²) < 4.78 is 7.09. The summed E-state index contributed by atoms with van der Waals surface area (Å²) in [6.45, 7) is 19.2. The second-order valence-electron chi connectivity index (χ2n) is 20.3. The molecule has 1 aromatic heterocycles. The van der Waals surface area contributed by atoms with Crippen molar-refractivity contribution in [3.8, 4) is 22.3 Å². The maximum Gasteiger partial charge on any atom is 0.198 e. The van der Waals surface area contributed by atoms with Gasteiger partial charge in [-0.15, -0.1) is 0 Å². The highest BCUT2D eigenvalue weighted by atomic mass is 16.3. The molecular formula is C56H50BN2O. The summed E-state index contributed by atoms with van der Waals surface area (Å²) in [7, 11) is 2.44. The number of para-hydroxylation sites is 3. The molecule has 0 saturated heterocycles. The third-order valence-electron chi connectivity index (χ3n) is 15.2. The molecule has 12 rings (SSSR count). The Balaban J connectivity index is 1.19. The average molecular weight is 778 g/mol. The van der Waals surface area contributed by atoms with Gasteiger partial charge >= 0.3 is 0 Å².